The second kappa shape index (κ2) is 14.1. The molecule has 1 aliphatic rings. The van der Waals surface area contributed by atoms with Crippen LogP contribution in [-0.4, -0.2) is 33.6 Å². The number of carbonyl (C=O) groups is 2. The summed E-state index contributed by atoms with van der Waals surface area (Å²) in [6.07, 6.45) is 3.55. The minimum Gasteiger partial charge on any atom is -0.491 e. The van der Waals surface area contributed by atoms with E-state index < -0.39 is 5.97 Å². The number of carboxylic acid groups (broad SMARTS) is 1. The van der Waals surface area contributed by atoms with Crippen molar-refractivity contribution in [3.05, 3.63) is 130 Å². The van der Waals surface area contributed by atoms with Gasteiger partial charge in [0.05, 0.1) is 18.3 Å². The lowest BCUT2D eigenvalue weighted by Crippen LogP contribution is -2.30. The molecule has 10 heteroatoms. The van der Waals surface area contributed by atoms with Gasteiger partial charge in [0.15, 0.2) is 16.6 Å². The molecule has 0 saturated heterocycles. The third-order valence-electron chi connectivity index (χ3n) is 7.69. The van der Waals surface area contributed by atoms with Gasteiger partial charge in [-0.3, -0.25) is 10.2 Å². The molecule has 2 heterocycles. The molecular weight excluding hydrogens is 586 g/mol. The maximum Gasteiger partial charge on any atom is 0.358 e. The third kappa shape index (κ3) is 7.54. The number of pyridine rings is 1. The number of fused-ring (bicyclic) bond motifs is 1. The predicted molar refractivity (Wildman–Crippen MR) is 174 cm³/mol. The Morgan fingerprint density at radius 2 is 1.71 bits per heavy atom. The Labute approximate surface area is 265 Å². The van der Waals surface area contributed by atoms with Gasteiger partial charge in [0.25, 0.3) is 5.91 Å². The molecule has 0 spiro atoms. The number of thiazole rings is 1. The quantitative estimate of drug-likeness (QED) is 0.118. The predicted octanol–water partition coefficient (Wildman–Crippen LogP) is 6.45. The van der Waals surface area contributed by atoms with Gasteiger partial charge in [0.1, 0.15) is 5.69 Å². The van der Waals surface area contributed by atoms with E-state index in [-0.39, 0.29) is 23.4 Å². The molecular formula is C35H33N5O4S. The van der Waals surface area contributed by atoms with Crippen molar-refractivity contribution in [1.82, 2.24) is 20.7 Å². The molecule has 0 saturated carbocycles. The SMILES string of the molecule is O=C(NCc1ccccc1)c1csc(NNC2CCCc3ccc(-c4ccc(OCCc5ccccc5)c(C(=O)O)n4)cc32)n1. The van der Waals surface area contributed by atoms with Crippen molar-refractivity contribution in [2.24, 2.45) is 0 Å². The molecule has 3 aromatic carbocycles. The summed E-state index contributed by atoms with van der Waals surface area (Å²) in [5, 5.41) is 15.1. The fourth-order valence-electron chi connectivity index (χ4n) is 5.36. The van der Waals surface area contributed by atoms with Crippen LogP contribution in [0.1, 0.15) is 62.1 Å². The lowest BCUT2D eigenvalue weighted by atomic mass is 9.86. The number of hydrazine groups is 1. The monoisotopic (exact) mass is 619 g/mol. The Morgan fingerprint density at radius 1 is 0.933 bits per heavy atom. The summed E-state index contributed by atoms with van der Waals surface area (Å²) in [6.45, 7) is 0.787. The van der Waals surface area contributed by atoms with Gasteiger partial charge in [-0.05, 0) is 59.7 Å². The van der Waals surface area contributed by atoms with Crippen LogP contribution in [0, 0.1) is 0 Å². The molecule has 0 bridgehead atoms. The molecule has 0 fully saturated rings. The van der Waals surface area contributed by atoms with Crippen LogP contribution in [0.5, 0.6) is 5.75 Å². The number of hydrogen-bond donors (Lipinski definition) is 4. The Kier molecular flexibility index (Phi) is 9.43. The molecule has 1 atom stereocenters. The van der Waals surface area contributed by atoms with E-state index in [9.17, 15) is 14.7 Å². The van der Waals surface area contributed by atoms with Crippen molar-refractivity contribution < 1.29 is 19.4 Å². The van der Waals surface area contributed by atoms with Gasteiger partial charge in [0.2, 0.25) is 0 Å². The zero-order valence-electron chi connectivity index (χ0n) is 24.5. The fraction of sp³-hybridized carbons (Fsp3) is 0.200. The highest BCUT2D eigenvalue weighted by Gasteiger charge is 2.22. The van der Waals surface area contributed by atoms with Gasteiger partial charge < -0.3 is 15.2 Å². The van der Waals surface area contributed by atoms with Crippen molar-refractivity contribution in [3.63, 3.8) is 0 Å². The summed E-state index contributed by atoms with van der Waals surface area (Å²) in [7, 11) is 0. The van der Waals surface area contributed by atoms with E-state index in [1.165, 1.54) is 16.9 Å². The molecule has 1 amide bonds. The summed E-state index contributed by atoms with van der Waals surface area (Å²) in [4.78, 5) is 33.6. The number of anilines is 1. The van der Waals surface area contributed by atoms with Crippen molar-refractivity contribution in [2.75, 3.05) is 12.0 Å². The topological polar surface area (TPSA) is 125 Å². The van der Waals surface area contributed by atoms with Crippen molar-refractivity contribution in [1.29, 1.82) is 0 Å². The summed E-state index contributed by atoms with van der Waals surface area (Å²) < 4.78 is 5.83. The standard InChI is InChI=1S/C35H33N5O4S/c41-33(36-21-24-10-5-2-6-11-24)30-22-45-35(38-30)40-39-29-13-7-12-25-14-15-26(20-27(25)29)28-16-17-31(32(37-28)34(42)43)44-19-18-23-8-3-1-4-9-23/h1-6,8-11,14-17,20,22,29,39H,7,12-13,18-19,21H2,(H,36,41)(H,38,40)(H,42,43). The molecule has 2 aromatic heterocycles. The molecule has 0 radical (unpaired) electrons. The highest BCUT2D eigenvalue weighted by Crippen LogP contribution is 2.34. The number of nitrogens with one attached hydrogen (secondary N) is 3. The van der Waals surface area contributed by atoms with Gasteiger partial charge >= 0.3 is 5.97 Å². The molecule has 1 aliphatic carbocycles. The van der Waals surface area contributed by atoms with Crippen molar-refractivity contribution in [3.8, 4) is 17.0 Å². The van der Waals surface area contributed by atoms with E-state index >= 15 is 0 Å². The first kappa shape index (κ1) is 30.0. The first-order chi connectivity index (χ1) is 22.0. The molecule has 6 rings (SSSR count). The summed E-state index contributed by atoms with van der Waals surface area (Å²) in [6, 6.07) is 29.3. The molecule has 5 aromatic rings. The maximum atomic E-state index is 12.6. The summed E-state index contributed by atoms with van der Waals surface area (Å²) in [5.41, 5.74) is 12.7. The number of hydrogen-bond acceptors (Lipinski definition) is 8. The van der Waals surface area contributed by atoms with Crippen molar-refractivity contribution >= 4 is 28.3 Å². The van der Waals surface area contributed by atoms with Crippen LogP contribution in [0.4, 0.5) is 5.13 Å². The number of rotatable bonds is 12. The van der Waals surface area contributed by atoms with Crippen LogP contribution < -0.4 is 20.9 Å². The fourth-order valence-corrected chi connectivity index (χ4v) is 6.01. The number of aromatic carboxylic acids is 1. The third-order valence-corrected chi connectivity index (χ3v) is 8.45. The van der Waals surface area contributed by atoms with E-state index in [0.717, 1.165) is 41.5 Å². The van der Waals surface area contributed by atoms with Crippen LogP contribution in [0.15, 0.2) is 96.4 Å². The van der Waals surface area contributed by atoms with E-state index in [1.807, 2.05) is 66.7 Å². The zero-order valence-corrected chi connectivity index (χ0v) is 25.3. The highest BCUT2D eigenvalue weighted by molar-refractivity contribution is 7.13. The second-order valence-corrected chi connectivity index (χ2v) is 11.6. The van der Waals surface area contributed by atoms with Crippen LogP contribution >= 0.6 is 11.3 Å². The van der Waals surface area contributed by atoms with Crippen molar-refractivity contribution in [2.45, 2.75) is 38.3 Å². The smallest absolute Gasteiger partial charge is 0.358 e. The Hall–Kier alpha value is -5.06. The second-order valence-electron chi connectivity index (χ2n) is 10.8. The first-order valence-electron chi connectivity index (χ1n) is 14.9. The van der Waals surface area contributed by atoms with Gasteiger partial charge in [0, 0.05) is 23.9 Å². The van der Waals surface area contributed by atoms with E-state index in [4.69, 9.17) is 4.74 Å². The molecule has 9 nitrogen and oxygen atoms in total. The molecule has 4 N–H and O–H groups in total. The lowest BCUT2D eigenvalue weighted by Gasteiger charge is -2.27. The minimum absolute atomic E-state index is 0.00695. The average Bonchev–Trinajstić information content (AvgIpc) is 3.56. The number of benzene rings is 3. The van der Waals surface area contributed by atoms with Crippen LogP contribution in [0.25, 0.3) is 11.3 Å². The number of aromatic nitrogens is 2. The Morgan fingerprint density at radius 3 is 2.49 bits per heavy atom. The average molecular weight is 620 g/mol. The van der Waals surface area contributed by atoms with Gasteiger partial charge in [-0.1, -0.05) is 72.8 Å². The summed E-state index contributed by atoms with van der Waals surface area (Å²) >= 11 is 1.36. The number of nitrogens with zero attached hydrogens (tertiary/aromatic N) is 2. The van der Waals surface area contributed by atoms with E-state index in [2.05, 4.69) is 38.3 Å². The van der Waals surface area contributed by atoms with Gasteiger partial charge in [-0.2, -0.15) is 0 Å². The van der Waals surface area contributed by atoms with Crippen LogP contribution in [0.2, 0.25) is 0 Å². The Bertz CT molecular complexity index is 1780. The van der Waals surface area contributed by atoms with Crippen LogP contribution in [-0.2, 0) is 19.4 Å². The van der Waals surface area contributed by atoms with Gasteiger partial charge in [-0.15, -0.1) is 11.3 Å². The highest BCUT2D eigenvalue weighted by atomic mass is 32.1. The first-order valence-corrected chi connectivity index (χ1v) is 15.7. The normalized spacial score (nSPS) is 13.9. The number of ether oxygens (including phenoxy) is 1. The lowest BCUT2D eigenvalue weighted by molar-refractivity contribution is 0.0685. The van der Waals surface area contributed by atoms with Crippen LogP contribution in [0.3, 0.4) is 0 Å². The number of amides is 1. The number of aryl methyl sites for hydroxylation is 1. The number of carbonyl (C=O) groups excluding carboxylic acids is 1. The number of carboxylic acids is 1. The largest absolute Gasteiger partial charge is 0.491 e. The molecule has 1 unspecified atom stereocenters. The van der Waals surface area contributed by atoms with E-state index in [0.29, 0.717) is 36.1 Å². The molecule has 0 aliphatic heterocycles. The maximum absolute atomic E-state index is 12.6. The van der Waals surface area contributed by atoms with E-state index in [1.54, 1.807) is 17.5 Å². The summed E-state index contributed by atoms with van der Waals surface area (Å²) in [5.74, 6) is -1.11. The minimum atomic E-state index is -1.13. The van der Waals surface area contributed by atoms with Gasteiger partial charge in [-0.25, -0.2) is 20.2 Å². The Balaban J connectivity index is 1.11. The molecule has 228 valence electrons. The molecule has 45 heavy (non-hydrogen) atoms. The zero-order chi connectivity index (χ0) is 31.0.